The van der Waals surface area contributed by atoms with E-state index < -0.39 is 23.5 Å². The topological polar surface area (TPSA) is 70.2 Å². The normalized spacial score (nSPS) is 18.4. The first kappa shape index (κ1) is 16.9. The summed E-state index contributed by atoms with van der Waals surface area (Å²) in [5.74, 6) is -2.48. The Morgan fingerprint density at radius 1 is 1.00 bits per heavy atom. The maximum Gasteiger partial charge on any atom is 0.318 e. The quantitative estimate of drug-likeness (QED) is 0.794. The second kappa shape index (κ2) is 6.88. The van der Waals surface area contributed by atoms with Crippen LogP contribution in [-0.2, 0) is 4.79 Å². The predicted octanol–water partition coefficient (Wildman–Crippen LogP) is 3.46. The monoisotopic (exact) mass is 345 g/mol. The molecule has 1 fully saturated rings. The van der Waals surface area contributed by atoms with Crippen molar-refractivity contribution in [1.29, 1.82) is 0 Å². The van der Waals surface area contributed by atoms with Crippen LogP contribution in [0.5, 0.6) is 0 Å². The van der Waals surface area contributed by atoms with E-state index in [4.69, 9.17) is 0 Å². The lowest BCUT2D eigenvalue weighted by atomic mass is 10.1. The number of nitrogens with one attached hydrogen (secondary N) is 3. The van der Waals surface area contributed by atoms with Gasteiger partial charge in [-0.1, -0.05) is 12.1 Å². The van der Waals surface area contributed by atoms with E-state index in [-0.39, 0.29) is 17.5 Å². The zero-order chi connectivity index (χ0) is 18.0. The summed E-state index contributed by atoms with van der Waals surface area (Å²) in [6.45, 7) is 0. The van der Waals surface area contributed by atoms with Crippen molar-refractivity contribution in [2.75, 3.05) is 17.7 Å². The van der Waals surface area contributed by atoms with Gasteiger partial charge in [-0.05, 0) is 36.8 Å². The molecular weight excluding hydrogens is 328 g/mol. The third-order valence-electron chi connectivity index (χ3n) is 4.11. The number of amides is 3. The van der Waals surface area contributed by atoms with E-state index >= 15 is 0 Å². The third-order valence-corrected chi connectivity index (χ3v) is 4.11. The van der Waals surface area contributed by atoms with Crippen molar-refractivity contribution in [2.45, 2.75) is 12.3 Å². The average Bonchev–Trinajstić information content (AvgIpc) is 3.35. The van der Waals surface area contributed by atoms with Crippen molar-refractivity contribution in [3.8, 4) is 0 Å². The molecule has 3 rings (SSSR count). The summed E-state index contributed by atoms with van der Waals surface area (Å²) in [4.78, 5) is 23.6. The van der Waals surface area contributed by atoms with Gasteiger partial charge < -0.3 is 16.0 Å². The maximum absolute atomic E-state index is 13.8. The van der Waals surface area contributed by atoms with Crippen molar-refractivity contribution in [1.82, 2.24) is 5.32 Å². The number of hydrogen-bond donors (Lipinski definition) is 3. The molecule has 0 aromatic heterocycles. The third kappa shape index (κ3) is 3.76. The molecule has 2 aromatic rings. The van der Waals surface area contributed by atoms with Crippen LogP contribution in [0.2, 0.25) is 0 Å². The van der Waals surface area contributed by atoms with Gasteiger partial charge in [0, 0.05) is 35.8 Å². The smallest absolute Gasteiger partial charge is 0.318 e. The van der Waals surface area contributed by atoms with Crippen LogP contribution in [0.4, 0.5) is 25.0 Å². The molecule has 0 unspecified atom stereocenters. The standard InChI is InChI=1S/C18H17F2N3O2/c1-21-18(25)23-11-5-2-4-10(8-11)22-17(24)13-9-12(13)16-14(19)6-3-7-15(16)20/h2-8,12-13H,9H2,1H3,(H,22,24)(H2,21,23,25)/t12-,13+/m1/s1. The van der Waals surface area contributed by atoms with E-state index in [1.165, 1.54) is 25.2 Å². The summed E-state index contributed by atoms with van der Waals surface area (Å²) in [5.41, 5.74) is 0.987. The SMILES string of the molecule is CNC(=O)Nc1cccc(NC(=O)[C@H]2C[C@H]2c2c(F)cccc2F)c1. The number of carbonyl (C=O) groups is 2. The molecule has 2 aromatic carbocycles. The van der Waals surface area contributed by atoms with E-state index in [1.54, 1.807) is 24.3 Å². The van der Waals surface area contributed by atoms with Gasteiger partial charge in [0.25, 0.3) is 0 Å². The van der Waals surface area contributed by atoms with Crippen LogP contribution in [-0.4, -0.2) is 19.0 Å². The van der Waals surface area contributed by atoms with Crippen molar-refractivity contribution >= 4 is 23.3 Å². The molecule has 0 heterocycles. The minimum Gasteiger partial charge on any atom is -0.341 e. The lowest BCUT2D eigenvalue weighted by Crippen LogP contribution is -2.24. The second-order valence-corrected chi connectivity index (χ2v) is 5.86. The van der Waals surface area contributed by atoms with Crippen LogP contribution in [0.1, 0.15) is 17.9 Å². The Labute approximate surface area is 143 Å². The summed E-state index contributed by atoms with van der Waals surface area (Å²) in [5, 5.41) is 7.75. The van der Waals surface area contributed by atoms with Crippen LogP contribution >= 0.6 is 0 Å². The van der Waals surface area contributed by atoms with Crippen LogP contribution in [0.15, 0.2) is 42.5 Å². The number of anilines is 2. The molecule has 5 nitrogen and oxygen atoms in total. The highest BCUT2D eigenvalue weighted by Crippen LogP contribution is 2.49. The fourth-order valence-electron chi connectivity index (χ4n) is 2.77. The van der Waals surface area contributed by atoms with Crippen LogP contribution < -0.4 is 16.0 Å². The lowest BCUT2D eigenvalue weighted by molar-refractivity contribution is -0.117. The first-order valence-electron chi connectivity index (χ1n) is 7.83. The molecule has 0 aliphatic heterocycles. The Morgan fingerprint density at radius 2 is 1.60 bits per heavy atom. The average molecular weight is 345 g/mol. The van der Waals surface area contributed by atoms with Crippen molar-refractivity contribution in [3.05, 3.63) is 59.7 Å². The summed E-state index contributed by atoms with van der Waals surface area (Å²) in [7, 11) is 1.50. The van der Waals surface area contributed by atoms with Gasteiger partial charge in [-0.3, -0.25) is 4.79 Å². The molecule has 0 bridgehead atoms. The van der Waals surface area contributed by atoms with Gasteiger partial charge in [0.1, 0.15) is 11.6 Å². The number of halogens is 2. The predicted molar refractivity (Wildman–Crippen MR) is 90.4 cm³/mol. The minimum absolute atomic E-state index is 0.0299. The molecule has 3 N–H and O–H groups in total. The molecule has 1 aliphatic carbocycles. The summed E-state index contributed by atoms with van der Waals surface area (Å²) >= 11 is 0. The van der Waals surface area contributed by atoms with Crippen LogP contribution in [0.3, 0.4) is 0 Å². The van der Waals surface area contributed by atoms with Crippen LogP contribution in [0.25, 0.3) is 0 Å². The number of carbonyl (C=O) groups excluding carboxylic acids is 2. The first-order valence-corrected chi connectivity index (χ1v) is 7.83. The van der Waals surface area contributed by atoms with E-state index in [0.717, 1.165) is 0 Å². The zero-order valence-corrected chi connectivity index (χ0v) is 13.5. The van der Waals surface area contributed by atoms with Gasteiger partial charge in [-0.15, -0.1) is 0 Å². The van der Waals surface area contributed by atoms with Gasteiger partial charge in [0.2, 0.25) is 5.91 Å². The van der Waals surface area contributed by atoms with Gasteiger partial charge in [-0.25, -0.2) is 13.6 Å². The Kier molecular flexibility index (Phi) is 4.65. The Morgan fingerprint density at radius 3 is 2.24 bits per heavy atom. The highest BCUT2D eigenvalue weighted by atomic mass is 19.1. The number of hydrogen-bond acceptors (Lipinski definition) is 2. The Hall–Kier alpha value is -2.96. The minimum atomic E-state index is -0.628. The van der Waals surface area contributed by atoms with Crippen LogP contribution in [0, 0.1) is 17.6 Å². The lowest BCUT2D eigenvalue weighted by Gasteiger charge is -2.09. The summed E-state index contributed by atoms with van der Waals surface area (Å²) < 4.78 is 27.6. The van der Waals surface area contributed by atoms with E-state index in [9.17, 15) is 18.4 Å². The fourth-order valence-corrected chi connectivity index (χ4v) is 2.77. The zero-order valence-electron chi connectivity index (χ0n) is 13.5. The van der Waals surface area contributed by atoms with E-state index in [1.807, 2.05) is 0 Å². The van der Waals surface area contributed by atoms with Gasteiger partial charge in [-0.2, -0.15) is 0 Å². The van der Waals surface area contributed by atoms with Gasteiger partial charge in [0.05, 0.1) is 0 Å². The van der Waals surface area contributed by atoms with Crippen molar-refractivity contribution < 1.29 is 18.4 Å². The Balaban J connectivity index is 1.66. The Bertz CT molecular complexity index is 805. The fraction of sp³-hybridized carbons (Fsp3) is 0.222. The second-order valence-electron chi connectivity index (χ2n) is 5.86. The molecule has 130 valence electrons. The first-order chi connectivity index (χ1) is 12.0. The molecule has 0 spiro atoms. The summed E-state index contributed by atoms with van der Waals surface area (Å²) in [6.07, 6.45) is 0.403. The molecule has 0 saturated heterocycles. The number of rotatable bonds is 4. The van der Waals surface area contributed by atoms with Crippen molar-refractivity contribution in [2.24, 2.45) is 5.92 Å². The highest BCUT2D eigenvalue weighted by molar-refractivity contribution is 5.96. The number of urea groups is 1. The molecular formula is C18H17F2N3O2. The van der Waals surface area contributed by atoms with E-state index in [0.29, 0.717) is 17.8 Å². The molecule has 25 heavy (non-hydrogen) atoms. The molecule has 0 radical (unpaired) electrons. The molecule has 2 atom stereocenters. The number of benzene rings is 2. The molecule has 3 amide bonds. The largest absolute Gasteiger partial charge is 0.341 e. The molecule has 1 aliphatic rings. The summed E-state index contributed by atoms with van der Waals surface area (Å²) in [6, 6.07) is 9.96. The molecule has 7 heteroatoms. The molecule has 1 saturated carbocycles. The van der Waals surface area contributed by atoms with Gasteiger partial charge in [0.15, 0.2) is 0 Å². The highest BCUT2D eigenvalue weighted by Gasteiger charge is 2.46. The van der Waals surface area contributed by atoms with E-state index in [2.05, 4.69) is 16.0 Å². The maximum atomic E-state index is 13.8. The van der Waals surface area contributed by atoms with Gasteiger partial charge >= 0.3 is 6.03 Å². The van der Waals surface area contributed by atoms with Crippen molar-refractivity contribution in [3.63, 3.8) is 0 Å².